The highest BCUT2D eigenvalue weighted by atomic mass is 16.5. The van der Waals surface area contributed by atoms with Gasteiger partial charge >= 0.3 is 17.9 Å². The highest BCUT2D eigenvalue weighted by Crippen LogP contribution is 2.18. The van der Waals surface area contributed by atoms with Gasteiger partial charge in [-0.2, -0.15) is 0 Å². The third kappa shape index (κ3) is 36.9. The number of quaternary nitrogens is 1. The molecule has 0 atom stereocenters. The number of unbranched alkanes of at least 4 members (excludes halogenated alkanes) is 16. The van der Waals surface area contributed by atoms with E-state index in [4.69, 9.17) is 14.2 Å². The fourth-order valence-electron chi connectivity index (χ4n) is 5.89. The zero-order valence-corrected chi connectivity index (χ0v) is 32.8. The first-order chi connectivity index (χ1) is 23.7. The van der Waals surface area contributed by atoms with E-state index in [0.717, 1.165) is 94.5 Å². The Kier molecular flexibility index (Phi) is 32.8. The topological polar surface area (TPSA) is 78.9 Å². The van der Waals surface area contributed by atoms with Crippen molar-refractivity contribution in [1.29, 1.82) is 0 Å². The Labute approximate surface area is 302 Å². The van der Waals surface area contributed by atoms with E-state index in [1.165, 1.54) is 64.2 Å². The van der Waals surface area contributed by atoms with Gasteiger partial charge < -0.3 is 18.7 Å². The van der Waals surface area contributed by atoms with Gasteiger partial charge in [-0.15, -0.1) is 0 Å². The summed E-state index contributed by atoms with van der Waals surface area (Å²) < 4.78 is 16.8. The molecule has 0 radical (unpaired) electrons. The first kappa shape index (κ1) is 46.9. The van der Waals surface area contributed by atoms with Crippen molar-refractivity contribution < 1.29 is 33.1 Å². The van der Waals surface area contributed by atoms with E-state index in [9.17, 15) is 14.4 Å². The van der Waals surface area contributed by atoms with Gasteiger partial charge in [0, 0.05) is 19.3 Å². The minimum atomic E-state index is -0.0788. The zero-order valence-electron chi connectivity index (χ0n) is 32.8. The van der Waals surface area contributed by atoms with Crippen LogP contribution in [0.5, 0.6) is 0 Å². The van der Waals surface area contributed by atoms with E-state index in [2.05, 4.69) is 45.4 Å². The molecule has 7 nitrogen and oxygen atoms in total. The molecule has 49 heavy (non-hydrogen) atoms. The summed E-state index contributed by atoms with van der Waals surface area (Å²) in [5.41, 5.74) is 0. The van der Waals surface area contributed by atoms with Crippen LogP contribution in [0.1, 0.15) is 181 Å². The van der Waals surface area contributed by atoms with Crippen molar-refractivity contribution in [2.24, 2.45) is 0 Å². The molecule has 0 saturated carbocycles. The van der Waals surface area contributed by atoms with Gasteiger partial charge in [-0.3, -0.25) is 14.4 Å². The van der Waals surface area contributed by atoms with Crippen LogP contribution >= 0.6 is 0 Å². The molecule has 0 unspecified atom stereocenters. The molecular weight excluding hydrogens is 614 g/mol. The summed E-state index contributed by atoms with van der Waals surface area (Å²) in [6, 6.07) is 0. The van der Waals surface area contributed by atoms with E-state index in [-0.39, 0.29) is 24.0 Å². The summed E-state index contributed by atoms with van der Waals surface area (Å²) in [6.07, 6.45) is 36.7. The molecule has 0 amide bonds. The lowest BCUT2D eigenvalue weighted by Gasteiger charge is -2.24. The van der Waals surface area contributed by atoms with Crippen molar-refractivity contribution in [3.8, 4) is 0 Å². The molecule has 0 aliphatic carbocycles. The average molecular weight is 693 g/mol. The van der Waals surface area contributed by atoms with Crippen LogP contribution in [0.25, 0.3) is 0 Å². The number of esters is 3. The van der Waals surface area contributed by atoms with Crippen LogP contribution in [-0.4, -0.2) is 69.4 Å². The van der Waals surface area contributed by atoms with E-state index in [1.807, 2.05) is 13.8 Å². The van der Waals surface area contributed by atoms with Gasteiger partial charge in [0.2, 0.25) is 0 Å². The van der Waals surface area contributed by atoms with Gasteiger partial charge in [-0.05, 0) is 104 Å². The van der Waals surface area contributed by atoms with Crippen LogP contribution in [0.3, 0.4) is 0 Å². The summed E-state index contributed by atoms with van der Waals surface area (Å²) in [4.78, 5) is 35.4. The number of allylic oxidation sites excluding steroid dienone is 4. The first-order valence-electron chi connectivity index (χ1n) is 20.3. The van der Waals surface area contributed by atoms with Gasteiger partial charge in [-0.1, -0.05) is 75.7 Å². The number of carbonyl (C=O) groups is 3. The van der Waals surface area contributed by atoms with E-state index in [0.29, 0.717) is 32.5 Å². The second-order valence-corrected chi connectivity index (χ2v) is 14.7. The van der Waals surface area contributed by atoms with Crippen LogP contribution in [-0.2, 0) is 28.6 Å². The summed E-state index contributed by atoms with van der Waals surface area (Å²) >= 11 is 0. The Bertz CT molecular complexity index is 795. The standard InChI is InChI=1S/C42H78NO6/c1-6-47-40(44)35-30-26-22-18-14-10-8-12-16-20-24-28-33-39(49-42(46)37-32-38-43(3,4)5)34-29-25-21-17-13-9-11-15-19-23-27-31-36-41(45)48-7-2/h14-15,18-19,39H,6-13,16-17,20-38H2,1-5H3/q+1/b18-14-,19-15-. The fourth-order valence-corrected chi connectivity index (χ4v) is 5.89. The lowest BCUT2D eigenvalue weighted by atomic mass is 10.0. The average Bonchev–Trinajstić information content (AvgIpc) is 3.04. The van der Waals surface area contributed by atoms with Gasteiger partial charge in [0.1, 0.15) is 6.10 Å². The van der Waals surface area contributed by atoms with Crippen molar-refractivity contribution in [3.63, 3.8) is 0 Å². The van der Waals surface area contributed by atoms with Crippen LogP contribution in [0, 0.1) is 0 Å². The third-order valence-corrected chi connectivity index (χ3v) is 8.75. The summed E-state index contributed by atoms with van der Waals surface area (Å²) in [7, 11) is 6.50. The Balaban J connectivity index is 4.07. The summed E-state index contributed by atoms with van der Waals surface area (Å²) in [5, 5.41) is 0. The van der Waals surface area contributed by atoms with Crippen LogP contribution in [0.2, 0.25) is 0 Å². The molecule has 0 aromatic rings. The number of rotatable bonds is 35. The third-order valence-electron chi connectivity index (χ3n) is 8.75. The molecule has 0 aliphatic heterocycles. The maximum Gasteiger partial charge on any atom is 0.306 e. The monoisotopic (exact) mass is 693 g/mol. The second-order valence-electron chi connectivity index (χ2n) is 14.7. The molecule has 0 aliphatic rings. The number of ether oxygens (including phenoxy) is 3. The fraction of sp³-hybridized carbons (Fsp3) is 0.833. The largest absolute Gasteiger partial charge is 0.466 e. The lowest BCUT2D eigenvalue weighted by molar-refractivity contribution is -0.870. The zero-order chi connectivity index (χ0) is 36.3. The van der Waals surface area contributed by atoms with Crippen molar-refractivity contribution in [2.45, 2.75) is 187 Å². The minimum absolute atomic E-state index is 0.0162. The Morgan fingerprint density at radius 1 is 0.469 bits per heavy atom. The number of carbonyl (C=O) groups excluding carboxylic acids is 3. The van der Waals surface area contributed by atoms with Crippen molar-refractivity contribution in [3.05, 3.63) is 24.3 Å². The molecule has 0 N–H and O–H groups in total. The van der Waals surface area contributed by atoms with Gasteiger partial charge in [-0.25, -0.2) is 0 Å². The molecule has 0 saturated heterocycles. The molecule has 0 aromatic heterocycles. The smallest absolute Gasteiger partial charge is 0.306 e. The maximum atomic E-state index is 12.6. The van der Waals surface area contributed by atoms with E-state index in [1.54, 1.807) is 0 Å². The highest BCUT2D eigenvalue weighted by Gasteiger charge is 2.16. The normalized spacial score (nSPS) is 12.0. The SMILES string of the molecule is CCOC(=O)CCCC/C=C\CCCCCCCCC(CCCCCCCC/C=C\CCCCC(=O)OCC)OC(=O)CCC[N+](C)(C)C. The Morgan fingerprint density at radius 3 is 1.20 bits per heavy atom. The first-order valence-corrected chi connectivity index (χ1v) is 20.3. The van der Waals surface area contributed by atoms with E-state index < -0.39 is 0 Å². The molecule has 0 heterocycles. The molecule has 0 fully saturated rings. The molecule has 0 bridgehead atoms. The molecule has 286 valence electrons. The lowest BCUT2D eigenvalue weighted by Crippen LogP contribution is -2.35. The van der Waals surface area contributed by atoms with Crippen molar-refractivity contribution in [1.82, 2.24) is 0 Å². The second kappa shape index (κ2) is 34.3. The predicted molar refractivity (Wildman–Crippen MR) is 204 cm³/mol. The number of nitrogens with zero attached hydrogens (tertiary/aromatic N) is 1. The van der Waals surface area contributed by atoms with Crippen molar-refractivity contribution >= 4 is 17.9 Å². The maximum absolute atomic E-state index is 12.6. The van der Waals surface area contributed by atoms with Crippen molar-refractivity contribution in [2.75, 3.05) is 40.9 Å². The van der Waals surface area contributed by atoms with Gasteiger partial charge in [0.05, 0.1) is 47.3 Å². The van der Waals surface area contributed by atoms with Gasteiger partial charge in [0.25, 0.3) is 0 Å². The van der Waals surface area contributed by atoms with Crippen LogP contribution < -0.4 is 0 Å². The Hall–Kier alpha value is -2.15. The molecule has 0 aromatic carbocycles. The highest BCUT2D eigenvalue weighted by molar-refractivity contribution is 5.70. The number of hydrogen-bond donors (Lipinski definition) is 0. The van der Waals surface area contributed by atoms with E-state index >= 15 is 0 Å². The summed E-state index contributed by atoms with van der Waals surface area (Å²) in [5.74, 6) is -0.174. The quantitative estimate of drug-likeness (QED) is 0.0216. The van der Waals surface area contributed by atoms with Crippen LogP contribution in [0.15, 0.2) is 24.3 Å². The molecular formula is C42H78NO6+. The van der Waals surface area contributed by atoms with Crippen LogP contribution in [0.4, 0.5) is 0 Å². The summed E-state index contributed by atoms with van der Waals surface area (Å²) in [6.45, 7) is 5.62. The molecule has 0 spiro atoms. The Morgan fingerprint density at radius 2 is 0.816 bits per heavy atom. The molecule has 7 heteroatoms. The molecule has 0 rings (SSSR count). The predicted octanol–water partition coefficient (Wildman–Crippen LogP) is 11.0. The van der Waals surface area contributed by atoms with Gasteiger partial charge in [0.15, 0.2) is 0 Å². The minimum Gasteiger partial charge on any atom is -0.466 e. The number of hydrogen-bond acceptors (Lipinski definition) is 6.